The van der Waals surface area contributed by atoms with Gasteiger partial charge in [0, 0.05) is 24.6 Å². The molecule has 6 nitrogen and oxygen atoms in total. The summed E-state index contributed by atoms with van der Waals surface area (Å²) < 4.78 is 52.1. The van der Waals surface area contributed by atoms with Gasteiger partial charge in [-0.1, -0.05) is 6.92 Å². The van der Waals surface area contributed by atoms with E-state index < -0.39 is 24.0 Å². The van der Waals surface area contributed by atoms with Crippen molar-refractivity contribution >= 4 is 5.91 Å². The van der Waals surface area contributed by atoms with E-state index in [9.17, 15) is 22.4 Å². The predicted molar refractivity (Wildman–Crippen MR) is 77.2 cm³/mol. The van der Waals surface area contributed by atoms with Crippen LogP contribution in [0.25, 0.3) is 5.82 Å². The highest BCUT2D eigenvalue weighted by atomic mass is 19.4. The van der Waals surface area contributed by atoms with Gasteiger partial charge in [0.25, 0.3) is 5.91 Å². The number of halogens is 4. The quantitative estimate of drug-likeness (QED) is 0.831. The Hall–Kier alpha value is -2.49. The van der Waals surface area contributed by atoms with Crippen molar-refractivity contribution in [1.29, 1.82) is 0 Å². The van der Waals surface area contributed by atoms with Gasteiger partial charge in [-0.2, -0.15) is 18.3 Å². The van der Waals surface area contributed by atoms with Crippen molar-refractivity contribution in [2.45, 2.75) is 31.7 Å². The summed E-state index contributed by atoms with van der Waals surface area (Å²) in [7, 11) is 0. The van der Waals surface area contributed by atoms with Crippen molar-refractivity contribution in [2.24, 2.45) is 0 Å². The fourth-order valence-electron chi connectivity index (χ4n) is 2.88. The van der Waals surface area contributed by atoms with Crippen LogP contribution in [0.15, 0.2) is 24.5 Å². The molecule has 3 heterocycles. The highest BCUT2D eigenvalue weighted by Gasteiger charge is 2.46. The van der Waals surface area contributed by atoms with Gasteiger partial charge >= 0.3 is 6.18 Å². The Kier molecular flexibility index (Phi) is 4.23. The molecule has 10 heteroatoms. The molecule has 2 unspecified atom stereocenters. The van der Waals surface area contributed by atoms with Gasteiger partial charge in [0.2, 0.25) is 6.10 Å². The molecule has 25 heavy (non-hydrogen) atoms. The molecule has 0 aliphatic carbocycles. The molecule has 0 fully saturated rings. The zero-order chi connectivity index (χ0) is 18.4. The van der Waals surface area contributed by atoms with Crippen molar-refractivity contribution < 1.29 is 27.5 Å². The van der Waals surface area contributed by atoms with Crippen LogP contribution in [0.2, 0.25) is 0 Å². The summed E-state index contributed by atoms with van der Waals surface area (Å²) in [5.41, 5.74) is 1.23. The van der Waals surface area contributed by atoms with Crippen molar-refractivity contribution in [3.05, 3.63) is 41.6 Å². The third kappa shape index (κ3) is 3.21. The summed E-state index contributed by atoms with van der Waals surface area (Å²) >= 11 is 0. The topological polar surface area (TPSA) is 71.2 Å². The lowest BCUT2D eigenvalue weighted by Crippen LogP contribution is -2.48. The van der Waals surface area contributed by atoms with Gasteiger partial charge in [0.05, 0.1) is 18.1 Å². The third-order valence-electron chi connectivity index (χ3n) is 3.99. The van der Waals surface area contributed by atoms with Crippen molar-refractivity contribution in [3.63, 3.8) is 0 Å². The van der Waals surface area contributed by atoms with E-state index >= 15 is 0 Å². The number of aromatic nitrogens is 3. The van der Waals surface area contributed by atoms with E-state index in [0.717, 1.165) is 11.1 Å². The first-order chi connectivity index (χ1) is 11.7. The highest BCUT2D eigenvalue weighted by molar-refractivity contribution is 5.81. The zero-order valence-electron chi connectivity index (χ0n) is 13.0. The average Bonchev–Trinajstić information content (AvgIpc) is 2.98. The fraction of sp³-hybridized carbons (Fsp3) is 0.400. The second kappa shape index (κ2) is 6.10. The first kappa shape index (κ1) is 17.3. The Morgan fingerprint density at radius 3 is 2.68 bits per heavy atom. The smallest absolute Gasteiger partial charge is 0.376 e. The van der Waals surface area contributed by atoms with Crippen LogP contribution in [-0.4, -0.2) is 49.5 Å². The van der Waals surface area contributed by atoms with Gasteiger partial charge in [0.1, 0.15) is 5.82 Å². The Balaban J connectivity index is 1.88. The Morgan fingerprint density at radius 2 is 2.08 bits per heavy atom. The molecular weight excluding hydrogens is 344 g/mol. The van der Waals surface area contributed by atoms with Gasteiger partial charge in [-0.05, 0) is 12.1 Å². The Labute approximate surface area is 139 Å². The number of carbonyl (C=O) groups excluding carboxylic acids is 1. The van der Waals surface area contributed by atoms with Crippen LogP contribution in [0.1, 0.15) is 24.1 Å². The van der Waals surface area contributed by atoms with Crippen molar-refractivity contribution in [3.8, 4) is 5.82 Å². The largest absolute Gasteiger partial charge is 0.423 e. The number of pyridine rings is 1. The van der Waals surface area contributed by atoms with Crippen LogP contribution >= 0.6 is 0 Å². The summed E-state index contributed by atoms with van der Waals surface area (Å²) in [5, 5.41) is 13.3. The minimum atomic E-state index is -5.01. The lowest BCUT2D eigenvalue weighted by atomic mass is 9.97. The molecule has 1 aliphatic heterocycles. The fourth-order valence-corrected chi connectivity index (χ4v) is 2.88. The number of rotatable bonds is 2. The van der Waals surface area contributed by atoms with Crippen LogP contribution in [-0.2, 0) is 11.3 Å². The molecule has 2 aromatic heterocycles. The average molecular weight is 358 g/mol. The molecule has 0 aromatic carbocycles. The molecule has 134 valence electrons. The lowest BCUT2D eigenvalue weighted by Gasteiger charge is -2.33. The number of carbonyl (C=O) groups is 1. The molecule has 0 bridgehead atoms. The van der Waals surface area contributed by atoms with Crippen LogP contribution in [0, 0.1) is 5.82 Å². The van der Waals surface area contributed by atoms with Gasteiger partial charge < -0.3 is 10.0 Å². The maximum absolute atomic E-state index is 13.0. The van der Waals surface area contributed by atoms with Crippen LogP contribution in [0.4, 0.5) is 17.6 Å². The molecule has 0 saturated heterocycles. The first-order valence-corrected chi connectivity index (χ1v) is 7.40. The van der Waals surface area contributed by atoms with Crippen molar-refractivity contribution in [1.82, 2.24) is 19.7 Å². The Bertz CT molecular complexity index is 788. The number of hydrogen-bond acceptors (Lipinski definition) is 4. The molecule has 1 aliphatic rings. The highest BCUT2D eigenvalue weighted by Crippen LogP contribution is 2.31. The van der Waals surface area contributed by atoms with Crippen LogP contribution in [0.3, 0.4) is 0 Å². The second-order valence-electron chi connectivity index (χ2n) is 5.87. The maximum Gasteiger partial charge on any atom is 0.423 e. The standard InChI is InChI=1S/C15H14F4N4O2/c1-8-6-22(14(25)13(24)15(17,18)19)7-9-4-21-23(12(8)9)11-3-2-10(16)5-20-11/h2-5,8,13,24H,6-7H2,1H3. The minimum absolute atomic E-state index is 0.00807. The van der Waals surface area contributed by atoms with E-state index in [1.807, 2.05) is 0 Å². The molecule has 0 saturated carbocycles. The van der Waals surface area contributed by atoms with E-state index in [0.29, 0.717) is 17.1 Å². The normalized spacial score (nSPS) is 18.8. The van der Waals surface area contributed by atoms with E-state index in [1.165, 1.54) is 23.0 Å². The third-order valence-corrected chi connectivity index (χ3v) is 3.99. The second-order valence-corrected chi connectivity index (χ2v) is 5.87. The van der Waals surface area contributed by atoms with Crippen LogP contribution < -0.4 is 0 Å². The molecule has 2 aromatic rings. The van der Waals surface area contributed by atoms with Crippen LogP contribution in [0.5, 0.6) is 0 Å². The van der Waals surface area contributed by atoms with Gasteiger partial charge in [0.15, 0.2) is 5.82 Å². The molecular formula is C15H14F4N4O2. The molecule has 2 atom stereocenters. The van der Waals surface area contributed by atoms with E-state index in [2.05, 4.69) is 10.1 Å². The van der Waals surface area contributed by atoms with Crippen molar-refractivity contribution in [2.75, 3.05) is 6.54 Å². The van der Waals surface area contributed by atoms with E-state index in [1.54, 1.807) is 6.92 Å². The summed E-state index contributed by atoms with van der Waals surface area (Å²) in [5.74, 6) is -1.87. The minimum Gasteiger partial charge on any atom is -0.376 e. The molecule has 0 radical (unpaired) electrons. The summed E-state index contributed by atoms with van der Waals surface area (Å²) in [4.78, 5) is 16.8. The van der Waals surface area contributed by atoms with Gasteiger partial charge in [-0.15, -0.1) is 0 Å². The summed E-state index contributed by atoms with van der Waals surface area (Å²) in [6.07, 6.45) is -5.60. The number of amides is 1. The molecule has 0 spiro atoms. The number of aliphatic hydroxyl groups excluding tert-OH is 1. The summed E-state index contributed by atoms with van der Waals surface area (Å²) in [6, 6.07) is 2.65. The summed E-state index contributed by atoms with van der Waals surface area (Å²) in [6.45, 7) is 1.61. The molecule has 1 N–H and O–H groups in total. The molecule has 3 rings (SSSR count). The van der Waals surface area contributed by atoms with E-state index in [-0.39, 0.29) is 19.0 Å². The van der Waals surface area contributed by atoms with E-state index in [4.69, 9.17) is 5.11 Å². The Morgan fingerprint density at radius 1 is 1.36 bits per heavy atom. The maximum atomic E-state index is 13.0. The monoisotopic (exact) mass is 358 g/mol. The number of nitrogens with zero attached hydrogens (tertiary/aromatic N) is 4. The van der Waals surface area contributed by atoms with Gasteiger partial charge in [-0.25, -0.2) is 14.1 Å². The number of alkyl halides is 3. The lowest BCUT2D eigenvalue weighted by molar-refractivity contribution is -0.211. The SMILES string of the molecule is CC1CN(C(=O)C(O)C(F)(F)F)Cc2cnn(-c3ccc(F)cn3)c21. The number of fused-ring (bicyclic) bond motifs is 1. The first-order valence-electron chi connectivity index (χ1n) is 7.40. The number of aliphatic hydroxyl groups is 1. The van der Waals surface area contributed by atoms with Gasteiger partial charge in [-0.3, -0.25) is 4.79 Å². The zero-order valence-corrected chi connectivity index (χ0v) is 13.0. The predicted octanol–water partition coefficient (Wildman–Crippen LogP) is 1.78. The number of hydrogen-bond donors (Lipinski definition) is 1. The molecule has 1 amide bonds.